The topological polar surface area (TPSA) is 21.3 Å². The van der Waals surface area contributed by atoms with E-state index < -0.39 is 11.7 Å². The maximum atomic E-state index is 12.6. The molecule has 112 valence electrons. The number of alkyl halides is 3. The fourth-order valence-electron chi connectivity index (χ4n) is 2.55. The monoisotopic (exact) mass is 307 g/mol. The number of nitrogens with one attached hydrogen (secondary N) is 1. The van der Waals surface area contributed by atoms with Crippen LogP contribution in [0.5, 0.6) is 0 Å². The van der Waals surface area contributed by atoms with E-state index in [1.54, 1.807) is 7.11 Å². The lowest BCUT2D eigenvalue weighted by Gasteiger charge is -2.32. The van der Waals surface area contributed by atoms with Gasteiger partial charge in [-0.3, -0.25) is 0 Å². The molecule has 2 rings (SSSR count). The smallest absolute Gasteiger partial charge is 0.379 e. The highest BCUT2D eigenvalue weighted by Crippen LogP contribution is 2.35. The molecule has 2 unspecified atom stereocenters. The van der Waals surface area contributed by atoms with Crippen LogP contribution in [-0.4, -0.2) is 19.3 Å². The summed E-state index contributed by atoms with van der Waals surface area (Å²) in [7, 11) is 1.65. The van der Waals surface area contributed by atoms with Crippen LogP contribution >= 0.6 is 11.6 Å². The summed E-state index contributed by atoms with van der Waals surface area (Å²) in [6.45, 7) is 0. The average molecular weight is 308 g/mol. The van der Waals surface area contributed by atoms with E-state index in [1.165, 1.54) is 6.07 Å². The quantitative estimate of drug-likeness (QED) is 0.871. The Bertz CT molecular complexity index is 464. The average Bonchev–Trinajstić information content (AvgIpc) is 2.40. The van der Waals surface area contributed by atoms with E-state index >= 15 is 0 Å². The first-order chi connectivity index (χ1) is 9.41. The predicted octanol–water partition coefficient (Wildman–Crippen LogP) is 4.73. The molecule has 0 heterocycles. The summed E-state index contributed by atoms with van der Waals surface area (Å²) >= 11 is 5.94. The Morgan fingerprint density at radius 1 is 1.25 bits per heavy atom. The van der Waals surface area contributed by atoms with Crippen molar-refractivity contribution in [1.82, 2.24) is 0 Å². The highest BCUT2D eigenvalue weighted by Gasteiger charge is 2.31. The van der Waals surface area contributed by atoms with Gasteiger partial charge in [0, 0.05) is 7.11 Å². The number of rotatable bonds is 3. The molecular formula is C14H17ClF3NO. The Balaban J connectivity index is 2.13. The Hall–Kier alpha value is -0.940. The van der Waals surface area contributed by atoms with Gasteiger partial charge in [-0.25, -0.2) is 0 Å². The molecule has 1 fully saturated rings. The highest BCUT2D eigenvalue weighted by molar-refractivity contribution is 6.33. The van der Waals surface area contributed by atoms with Crippen molar-refractivity contribution < 1.29 is 17.9 Å². The summed E-state index contributed by atoms with van der Waals surface area (Å²) in [6, 6.07) is 3.46. The molecule has 0 spiro atoms. The van der Waals surface area contributed by atoms with Crippen molar-refractivity contribution >= 4 is 17.3 Å². The van der Waals surface area contributed by atoms with Crippen LogP contribution in [-0.2, 0) is 10.9 Å². The molecule has 0 aromatic heterocycles. The lowest BCUT2D eigenvalue weighted by atomic mass is 9.92. The molecule has 6 heteroatoms. The fourth-order valence-corrected chi connectivity index (χ4v) is 2.79. The predicted molar refractivity (Wildman–Crippen MR) is 73.1 cm³/mol. The first-order valence-corrected chi connectivity index (χ1v) is 6.95. The van der Waals surface area contributed by atoms with Crippen LogP contribution < -0.4 is 5.32 Å². The minimum atomic E-state index is -4.37. The molecule has 20 heavy (non-hydrogen) atoms. The minimum Gasteiger partial charge on any atom is -0.379 e. The third-order valence-corrected chi connectivity index (χ3v) is 3.96. The van der Waals surface area contributed by atoms with E-state index in [4.69, 9.17) is 16.3 Å². The molecule has 0 aliphatic heterocycles. The molecule has 1 aliphatic rings. The number of anilines is 1. The van der Waals surface area contributed by atoms with E-state index in [-0.39, 0.29) is 17.2 Å². The summed E-state index contributed by atoms with van der Waals surface area (Å²) < 4.78 is 43.1. The molecule has 1 aliphatic carbocycles. The van der Waals surface area contributed by atoms with Gasteiger partial charge in [-0.1, -0.05) is 24.4 Å². The fraction of sp³-hybridized carbons (Fsp3) is 0.571. The van der Waals surface area contributed by atoms with Crippen LogP contribution in [0.2, 0.25) is 5.02 Å². The summed E-state index contributed by atoms with van der Waals surface area (Å²) in [5.41, 5.74) is -0.214. The van der Waals surface area contributed by atoms with E-state index in [2.05, 4.69) is 5.32 Å². The minimum absolute atomic E-state index is 0.0714. The van der Waals surface area contributed by atoms with Gasteiger partial charge in [-0.2, -0.15) is 13.2 Å². The Kier molecular flexibility index (Phi) is 4.81. The molecule has 1 aromatic rings. The summed E-state index contributed by atoms with van der Waals surface area (Å²) in [6.07, 6.45) is -0.237. The van der Waals surface area contributed by atoms with Crippen molar-refractivity contribution in [1.29, 1.82) is 0 Å². The molecule has 2 atom stereocenters. The Labute approximate surface area is 121 Å². The van der Waals surface area contributed by atoms with Gasteiger partial charge in [0.1, 0.15) is 0 Å². The second kappa shape index (κ2) is 6.22. The van der Waals surface area contributed by atoms with E-state index in [1.807, 2.05) is 0 Å². The van der Waals surface area contributed by atoms with Gasteiger partial charge >= 0.3 is 6.18 Å². The molecule has 0 saturated heterocycles. The maximum Gasteiger partial charge on any atom is 0.416 e. The van der Waals surface area contributed by atoms with Crippen LogP contribution in [0.25, 0.3) is 0 Å². The largest absolute Gasteiger partial charge is 0.416 e. The molecule has 0 amide bonds. The second-order valence-electron chi connectivity index (χ2n) is 5.00. The van der Waals surface area contributed by atoms with Gasteiger partial charge in [0.05, 0.1) is 28.4 Å². The number of methoxy groups -OCH3 is 1. The molecule has 1 N–H and O–H groups in total. The summed E-state index contributed by atoms with van der Waals surface area (Å²) in [5.74, 6) is 0. The maximum absolute atomic E-state index is 12.6. The normalized spacial score (nSPS) is 23.6. The Morgan fingerprint density at radius 2 is 1.95 bits per heavy atom. The number of hydrogen-bond donors (Lipinski definition) is 1. The van der Waals surface area contributed by atoms with Crippen molar-refractivity contribution in [3.8, 4) is 0 Å². The SMILES string of the molecule is COC1CCCCC1Nc1ccc(C(F)(F)F)cc1Cl. The summed E-state index contributed by atoms with van der Waals surface area (Å²) in [5, 5.41) is 3.29. The third-order valence-electron chi connectivity index (χ3n) is 3.64. The van der Waals surface area contributed by atoms with E-state index in [0.29, 0.717) is 5.69 Å². The number of halogens is 4. The van der Waals surface area contributed by atoms with Crippen molar-refractivity contribution in [3.63, 3.8) is 0 Å². The molecule has 1 saturated carbocycles. The lowest BCUT2D eigenvalue weighted by molar-refractivity contribution is -0.137. The Morgan fingerprint density at radius 3 is 2.55 bits per heavy atom. The van der Waals surface area contributed by atoms with Crippen molar-refractivity contribution in [2.75, 3.05) is 12.4 Å². The van der Waals surface area contributed by atoms with Crippen LogP contribution in [0.15, 0.2) is 18.2 Å². The first-order valence-electron chi connectivity index (χ1n) is 6.58. The highest BCUT2D eigenvalue weighted by atomic mass is 35.5. The van der Waals surface area contributed by atoms with Crippen LogP contribution in [0.3, 0.4) is 0 Å². The zero-order chi connectivity index (χ0) is 14.8. The van der Waals surface area contributed by atoms with Gasteiger partial charge in [0.25, 0.3) is 0 Å². The summed E-state index contributed by atoms with van der Waals surface area (Å²) in [4.78, 5) is 0. The molecule has 1 aromatic carbocycles. The zero-order valence-electron chi connectivity index (χ0n) is 11.1. The molecular weight excluding hydrogens is 291 g/mol. The molecule has 0 bridgehead atoms. The zero-order valence-corrected chi connectivity index (χ0v) is 11.9. The van der Waals surface area contributed by atoms with Crippen molar-refractivity contribution in [2.24, 2.45) is 0 Å². The molecule has 2 nitrogen and oxygen atoms in total. The van der Waals surface area contributed by atoms with Gasteiger partial charge in [-0.05, 0) is 31.0 Å². The number of hydrogen-bond acceptors (Lipinski definition) is 2. The van der Waals surface area contributed by atoms with E-state index in [9.17, 15) is 13.2 Å². The number of benzene rings is 1. The van der Waals surface area contributed by atoms with Crippen molar-refractivity contribution in [3.05, 3.63) is 28.8 Å². The van der Waals surface area contributed by atoms with Gasteiger partial charge < -0.3 is 10.1 Å². The van der Waals surface area contributed by atoms with Crippen LogP contribution in [0.4, 0.5) is 18.9 Å². The lowest BCUT2D eigenvalue weighted by Crippen LogP contribution is -2.37. The second-order valence-corrected chi connectivity index (χ2v) is 5.41. The van der Waals surface area contributed by atoms with Gasteiger partial charge in [-0.15, -0.1) is 0 Å². The standard InChI is InChI=1S/C14H17ClF3NO/c1-20-13-5-3-2-4-12(13)19-11-7-6-9(8-10(11)15)14(16,17)18/h6-8,12-13,19H,2-5H2,1H3. The number of ether oxygens (including phenoxy) is 1. The van der Waals surface area contributed by atoms with E-state index in [0.717, 1.165) is 37.8 Å². The first kappa shape index (κ1) is 15.4. The third kappa shape index (κ3) is 3.58. The molecule has 0 radical (unpaired) electrons. The van der Waals surface area contributed by atoms with Gasteiger partial charge in [0.2, 0.25) is 0 Å². The van der Waals surface area contributed by atoms with Crippen LogP contribution in [0, 0.1) is 0 Å². The van der Waals surface area contributed by atoms with Crippen molar-refractivity contribution in [2.45, 2.75) is 44.0 Å². The van der Waals surface area contributed by atoms with Gasteiger partial charge in [0.15, 0.2) is 0 Å². The van der Waals surface area contributed by atoms with Crippen LogP contribution in [0.1, 0.15) is 31.2 Å².